The van der Waals surface area contributed by atoms with Crippen molar-refractivity contribution in [3.8, 4) is 11.3 Å². The van der Waals surface area contributed by atoms with Gasteiger partial charge in [-0.2, -0.15) is 5.10 Å². The van der Waals surface area contributed by atoms with E-state index in [4.69, 9.17) is 5.73 Å². The van der Waals surface area contributed by atoms with Gasteiger partial charge in [0, 0.05) is 5.56 Å². The van der Waals surface area contributed by atoms with Gasteiger partial charge < -0.3 is 5.73 Å². The first-order chi connectivity index (χ1) is 9.54. The molecular formula is C15H19ClN4S. The predicted molar refractivity (Wildman–Crippen MR) is 90.2 cm³/mol. The topological polar surface area (TPSA) is 56.2 Å². The van der Waals surface area contributed by atoms with Gasteiger partial charge >= 0.3 is 0 Å². The molecular weight excluding hydrogens is 304 g/mol. The molecule has 2 N–H and O–H groups in total. The molecule has 112 valence electrons. The Bertz CT molecular complexity index is 696. The number of fused-ring (bicyclic) bond motifs is 1. The number of imidazole rings is 1. The SMILES string of the molecule is CC(C)c1ccc(-c2cn3nc(C(C)N)sc3n2)cc1.Cl. The Hall–Kier alpha value is -1.43. The van der Waals surface area contributed by atoms with Gasteiger partial charge in [0.15, 0.2) is 0 Å². The molecule has 0 saturated carbocycles. The Morgan fingerprint density at radius 3 is 2.33 bits per heavy atom. The van der Waals surface area contributed by atoms with E-state index in [0.717, 1.165) is 21.2 Å². The van der Waals surface area contributed by atoms with E-state index in [9.17, 15) is 0 Å². The first-order valence-corrected chi connectivity index (χ1v) is 7.58. The van der Waals surface area contributed by atoms with Crippen LogP contribution in [0.4, 0.5) is 0 Å². The maximum Gasteiger partial charge on any atom is 0.212 e. The molecule has 21 heavy (non-hydrogen) atoms. The van der Waals surface area contributed by atoms with Gasteiger partial charge in [-0.3, -0.25) is 0 Å². The minimum atomic E-state index is -0.0459. The van der Waals surface area contributed by atoms with E-state index in [2.05, 4.69) is 48.2 Å². The Labute approximate surface area is 134 Å². The van der Waals surface area contributed by atoms with Crippen molar-refractivity contribution in [3.63, 3.8) is 0 Å². The molecule has 1 unspecified atom stereocenters. The van der Waals surface area contributed by atoms with Crippen molar-refractivity contribution in [2.45, 2.75) is 32.7 Å². The average Bonchev–Trinajstić information content (AvgIpc) is 2.96. The molecule has 2 aromatic heterocycles. The van der Waals surface area contributed by atoms with Crippen LogP contribution in [0.5, 0.6) is 0 Å². The van der Waals surface area contributed by atoms with Gasteiger partial charge in [-0.15, -0.1) is 12.4 Å². The van der Waals surface area contributed by atoms with Crippen LogP contribution in [0.25, 0.3) is 16.2 Å². The summed E-state index contributed by atoms with van der Waals surface area (Å²) in [5.41, 5.74) is 9.25. The summed E-state index contributed by atoms with van der Waals surface area (Å²) in [5.74, 6) is 0.546. The van der Waals surface area contributed by atoms with E-state index in [-0.39, 0.29) is 18.4 Å². The fourth-order valence-electron chi connectivity index (χ4n) is 2.08. The summed E-state index contributed by atoms with van der Waals surface area (Å²) in [6.45, 7) is 6.33. The molecule has 0 bridgehead atoms. The average molecular weight is 323 g/mol. The lowest BCUT2D eigenvalue weighted by Crippen LogP contribution is -2.04. The van der Waals surface area contributed by atoms with Crippen LogP contribution in [-0.2, 0) is 0 Å². The molecule has 4 nitrogen and oxygen atoms in total. The summed E-state index contributed by atoms with van der Waals surface area (Å²) in [7, 11) is 0. The highest BCUT2D eigenvalue weighted by Gasteiger charge is 2.12. The number of rotatable bonds is 3. The van der Waals surface area contributed by atoms with E-state index in [1.807, 2.05) is 17.6 Å². The number of nitrogens with two attached hydrogens (primary N) is 1. The Morgan fingerprint density at radius 2 is 1.81 bits per heavy atom. The van der Waals surface area contributed by atoms with Crippen molar-refractivity contribution in [1.29, 1.82) is 0 Å². The highest BCUT2D eigenvalue weighted by atomic mass is 35.5. The third-order valence-corrected chi connectivity index (χ3v) is 4.44. The largest absolute Gasteiger partial charge is 0.322 e. The molecule has 2 heterocycles. The Balaban J connectivity index is 0.00000161. The van der Waals surface area contributed by atoms with E-state index >= 15 is 0 Å². The predicted octanol–water partition coefficient (Wildman–Crippen LogP) is 4.02. The zero-order chi connectivity index (χ0) is 14.3. The van der Waals surface area contributed by atoms with E-state index in [0.29, 0.717) is 5.92 Å². The normalized spacial score (nSPS) is 12.6. The molecule has 6 heteroatoms. The smallest absolute Gasteiger partial charge is 0.212 e. The fourth-order valence-corrected chi connectivity index (χ4v) is 2.91. The second kappa shape index (κ2) is 6.13. The number of hydrogen-bond donors (Lipinski definition) is 1. The van der Waals surface area contributed by atoms with Gasteiger partial charge in [-0.1, -0.05) is 49.4 Å². The van der Waals surface area contributed by atoms with Crippen LogP contribution >= 0.6 is 23.7 Å². The van der Waals surface area contributed by atoms with Crippen molar-refractivity contribution in [2.24, 2.45) is 5.73 Å². The van der Waals surface area contributed by atoms with Gasteiger partial charge in [0.2, 0.25) is 4.96 Å². The number of hydrogen-bond acceptors (Lipinski definition) is 4. The first kappa shape index (κ1) is 15.9. The minimum absolute atomic E-state index is 0. The summed E-state index contributed by atoms with van der Waals surface area (Å²) < 4.78 is 1.81. The van der Waals surface area contributed by atoms with Crippen molar-refractivity contribution in [2.75, 3.05) is 0 Å². The quantitative estimate of drug-likeness (QED) is 0.792. The monoisotopic (exact) mass is 322 g/mol. The van der Waals surface area contributed by atoms with Crippen LogP contribution in [-0.4, -0.2) is 14.6 Å². The second-order valence-electron chi connectivity index (χ2n) is 5.36. The van der Waals surface area contributed by atoms with Gasteiger partial charge in [0.1, 0.15) is 5.01 Å². The molecule has 3 aromatic rings. The Kier molecular flexibility index (Phi) is 4.66. The number of nitrogens with zero attached hydrogens (tertiary/aromatic N) is 3. The summed E-state index contributed by atoms with van der Waals surface area (Å²) in [5, 5.41) is 5.36. The number of aromatic nitrogens is 3. The second-order valence-corrected chi connectivity index (χ2v) is 6.35. The molecule has 0 aliphatic rings. The van der Waals surface area contributed by atoms with Gasteiger partial charge in [-0.05, 0) is 18.4 Å². The molecule has 0 radical (unpaired) electrons. The van der Waals surface area contributed by atoms with Crippen LogP contribution in [0, 0.1) is 0 Å². The van der Waals surface area contributed by atoms with E-state index in [1.165, 1.54) is 5.56 Å². The first-order valence-electron chi connectivity index (χ1n) is 6.76. The maximum absolute atomic E-state index is 5.84. The van der Waals surface area contributed by atoms with Crippen LogP contribution in [0.1, 0.15) is 43.3 Å². The molecule has 0 saturated heterocycles. The van der Waals surface area contributed by atoms with Crippen LogP contribution in [0.2, 0.25) is 0 Å². The highest BCUT2D eigenvalue weighted by molar-refractivity contribution is 7.16. The van der Waals surface area contributed by atoms with Crippen molar-refractivity contribution < 1.29 is 0 Å². The summed E-state index contributed by atoms with van der Waals surface area (Å²) in [6, 6.07) is 8.51. The summed E-state index contributed by atoms with van der Waals surface area (Å²) >= 11 is 1.54. The van der Waals surface area contributed by atoms with E-state index < -0.39 is 0 Å². The molecule has 0 aliphatic heterocycles. The standard InChI is InChI=1S/C15H18N4S.ClH/c1-9(2)11-4-6-12(7-5-11)13-8-19-15(17-13)20-14(18-19)10(3)16;/h4-10H,16H2,1-3H3;1H. The summed E-state index contributed by atoms with van der Waals surface area (Å²) in [6.07, 6.45) is 1.96. The number of benzene rings is 1. The zero-order valence-electron chi connectivity index (χ0n) is 12.3. The highest BCUT2D eigenvalue weighted by Crippen LogP contribution is 2.25. The molecule has 3 rings (SSSR count). The molecule has 0 fully saturated rings. The lowest BCUT2D eigenvalue weighted by molar-refractivity contribution is 0.769. The molecule has 0 amide bonds. The third-order valence-electron chi connectivity index (χ3n) is 3.32. The number of halogens is 1. The zero-order valence-corrected chi connectivity index (χ0v) is 13.9. The van der Waals surface area contributed by atoms with Crippen molar-refractivity contribution in [3.05, 3.63) is 41.0 Å². The Morgan fingerprint density at radius 1 is 1.14 bits per heavy atom. The van der Waals surface area contributed by atoms with Gasteiger partial charge in [-0.25, -0.2) is 9.50 Å². The minimum Gasteiger partial charge on any atom is -0.322 e. The molecule has 1 atom stereocenters. The molecule has 0 aliphatic carbocycles. The molecule has 1 aromatic carbocycles. The van der Waals surface area contributed by atoms with Crippen LogP contribution in [0.3, 0.4) is 0 Å². The molecule has 0 spiro atoms. The third kappa shape index (κ3) is 3.10. The fraction of sp³-hybridized carbons (Fsp3) is 0.333. The maximum atomic E-state index is 5.84. The lowest BCUT2D eigenvalue weighted by atomic mass is 10.0. The van der Waals surface area contributed by atoms with Crippen molar-refractivity contribution >= 4 is 28.7 Å². The van der Waals surface area contributed by atoms with Crippen LogP contribution in [0.15, 0.2) is 30.5 Å². The van der Waals surface area contributed by atoms with Gasteiger partial charge in [0.05, 0.1) is 17.9 Å². The van der Waals surface area contributed by atoms with E-state index in [1.54, 1.807) is 11.3 Å². The van der Waals surface area contributed by atoms with Gasteiger partial charge in [0.25, 0.3) is 0 Å². The van der Waals surface area contributed by atoms with Crippen molar-refractivity contribution in [1.82, 2.24) is 14.6 Å². The van der Waals surface area contributed by atoms with Crippen LogP contribution < -0.4 is 5.73 Å². The lowest BCUT2D eigenvalue weighted by Gasteiger charge is -2.05. The summed E-state index contributed by atoms with van der Waals surface area (Å²) in [4.78, 5) is 5.51.